The molecule has 0 radical (unpaired) electrons. The smallest absolute Gasteiger partial charge is 0.325 e. The van der Waals surface area contributed by atoms with E-state index in [2.05, 4.69) is 10.0 Å². The summed E-state index contributed by atoms with van der Waals surface area (Å²) >= 11 is 0. The molecule has 0 spiro atoms. The van der Waals surface area contributed by atoms with Crippen molar-refractivity contribution in [3.63, 3.8) is 0 Å². The van der Waals surface area contributed by atoms with E-state index in [0.717, 1.165) is 22.3 Å². The predicted molar refractivity (Wildman–Crippen MR) is 115 cm³/mol. The molecule has 0 saturated carbocycles. The number of carbonyl (C=O) groups excluding carboxylic acids is 3. The van der Waals surface area contributed by atoms with E-state index in [1.54, 1.807) is 25.1 Å². The molecule has 0 aromatic heterocycles. The topological polar surface area (TPSA) is 131 Å². The van der Waals surface area contributed by atoms with Gasteiger partial charge in [0.2, 0.25) is 10.0 Å². The van der Waals surface area contributed by atoms with Crippen molar-refractivity contribution in [2.24, 2.45) is 0 Å². The molecule has 0 saturated heterocycles. The van der Waals surface area contributed by atoms with Gasteiger partial charge in [-0.15, -0.1) is 0 Å². The largest absolute Gasteiger partial charge is 0.455 e. The number of imide groups is 1. The van der Waals surface area contributed by atoms with Crippen molar-refractivity contribution in [2.75, 3.05) is 18.5 Å². The fourth-order valence-corrected chi connectivity index (χ4v) is 3.57. The Balaban J connectivity index is 1.80. The van der Waals surface area contributed by atoms with Crippen LogP contribution in [0.25, 0.3) is 0 Å². The van der Waals surface area contributed by atoms with Crippen LogP contribution in [0.15, 0.2) is 41.3 Å². The van der Waals surface area contributed by atoms with Gasteiger partial charge in [-0.3, -0.25) is 14.9 Å². The maximum Gasteiger partial charge on any atom is 0.325 e. The molecule has 10 heteroatoms. The minimum Gasteiger partial charge on any atom is -0.455 e. The number of ether oxygens (including phenoxy) is 1. The molecule has 3 N–H and O–H groups in total. The highest BCUT2D eigenvalue weighted by molar-refractivity contribution is 7.89. The van der Waals surface area contributed by atoms with E-state index >= 15 is 0 Å². The summed E-state index contributed by atoms with van der Waals surface area (Å²) < 4.78 is 31.3. The molecule has 166 valence electrons. The number of hydrogen-bond donors (Lipinski definition) is 3. The Labute approximate surface area is 181 Å². The maximum atomic E-state index is 12.3. The van der Waals surface area contributed by atoms with Gasteiger partial charge in [0.05, 0.1) is 4.90 Å². The van der Waals surface area contributed by atoms with Gasteiger partial charge in [-0.05, 0) is 68.1 Å². The van der Waals surface area contributed by atoms with Crippen molar-refractivity contribution in [3.8, 4) is 0 Å². The lowest BCUT2D eigenvalue weighted by Crippen LogP contribution is -2.38. The number of benzene rings is 2. The molecule has 0 heterocycles. The number of amides is 3. The zero-order valence-corrected chi connectivity index (χ0v) is 18.6. The van der Waals surface area contributed by atoms with Crippen LogP contribution in [0.3, 0.4) is 0 Å². The lowest BCUT2D eigenvalue weighted by atomic mass is 10.1. The minimum atomic E-state index is -3.91. The third-order valence-corrected chi connectivity index (χ3v) is 6.06. The first-order valence-electron chi connectivity index (χ1n) is 9.39. The first-order valence-corrected chi connectivity index (χ1v) is 10.9. The monoisotopic (exact) mass is 447 g/mol. The van der Waals surface area contributed by atoms with Crippen molar-refractivity contribution in [1.82, 2.24) is 10.0 Å². The van der Waals surface area contributed by atoms with Crippen LogP contribution in [0.1, 0.15) is 22.3 Å². The number of carbonyl (C=O) groups is 3. The Bertz CT molecular complexity index is 1110. The molecular formula is C21H25N3O6S. The number of esters is 1. The SMILES string of the molecule is Cc1ccc(S(=O)(=O)NCC(=O)OCC(=O)NC(=O)Nc2cccc(C)c2C)cc1C. The second-order valence-corrected chi connectivity index (χ2v) is 8.75. The van der Waals surface area contributed by atoms with Gasteiger partial charge in [-0.25, -0.2) is 13.2 Å². The number of sulfonamides is 1. The highest BCUT2D eigenvalue weighted by atomic mass is 32.2. The van der Waals surface area contributed by atoms with E-state index in [1.165, 1.54) is 12.1 Å². The van der Waals surface area contributed by atoms with Crippen LogP contribution in [0.5, 0.6) is 0 Å². The van der Waals surface area contributed by atoms with E-state index < -0.39 is 41.1 Å². The highest BCUT2D eigenvalue weighted by Gasteiger charge is 2.18. The Kier molecular flexibility index (Phi) is 7.89. The fourth-order valence-electron chi connectivity index (χ4n) is 2.52. The first-order chi connectivity index (χ1) is 14.5. The summed E-state index contributed by atoms with van der Waals surface area (Å²) in [5.74, 6) is -1.81. The molecule has 0 aliphatic rings. The van der Waals surface area contributed by atoms with Gasteiger partial charge in [-0.2, -0.15) is 4.72 Å². The standard InChI is InChI=1S/C21H25N3O6S/c1-13-8-9-17(10-15(13)3)31(28,29)22-11-20(26)30-12-19(25)24-21(27)23-18-7-5-6-14(2)16(18)4/h5-10,22H,11-12H2,1-4H3,(H2,23,24,25,27). The van der Waals surface area contributed by atoms with Crippen molar-refractivity contribution >= 4 is 33.6 Å². The average Bonchev–Trinajstić information content (AvgIpc) is 2.70. The van der Waals surface area contributed by atoms with Crippen LogP contribution < -0.4 is 15.4 Å². The summed E-state index contributed by atoms with van der Waals surface area (Å²) in [6, 6.07) is 9.15. The Morgan fingerprint density at radius 3 is 2.32 bits per heavy atom. The molecule has 9 nitrogen and oxygen atoms in total. The molecule has 2 aromatic carbocycles. The van der Waals surface area contributed by atoms with Crippen molar-refractivity contribution in [2.45, 2.75) is 32.6 Å². The molecule has 0 aliphatic heterocycles. The van der Waals surface area contributed by atoms with Gasteiger partial charge >= 0.3 is 12.0 Å². The van der Waals surface area contributed by atoms with Crippen LogP contribution in [0.2, 0.25) is 0 Å². The molecule has 2 aromatic rings. The number of hydrogen-bond acceptors (Lipinski definition) is 6. The highest BCUT2D eigenvalue weighted by Crippen LogP contribution is 2.17. The van der Waals surface area contributed by atoms with E-state index in [0.29, 0.717) is 5.69 Å². The van der Waals surface area contributed by atoms with Gasteiger partial charge < -0.3 is 10.1 Å². The van der Waals surface area contributed by atoms with Crippen LogP contribution >= 0.6 is 0 Å². The van der Waals surface area contributed by atoms with E-state index in [4.69, 9.17) is 4.74 Å². The maximum absolute atomic E-state index is 12.3. The number of urea groups is 1. The fraction of sp³-hybridized carbons (Fsp3) is 0.286. The summed E-state index contributed by atoms with van der Waals surface area (Å²) in [4.78, 5) is 35.5. The van der Waals surface area contributed by atoms with Crippen molar-refractivity contribution in [3.05, 3.63) is 58.7 Å². The van der Waals surface area contributed by atoms with Crippen LogP contribution in [0.4, 0.5) is 10.5 Å². The Morgan fingerprint density at radius 1 is 0.935 bits per heavy atom. The second-order valence-electron chi connectivity index (χ2n) is 6.98. The number of aryl methyl sites for hydroxylation is 3. The second kappa shape index (κ2) is 10.2. The summed E-state index contributed by atoms with van der Waals surface area (Å²) in [5.41, 5.74) is 4.10. The molecule has 31 heavy (non-hydrogen) atoms. The summed E-state index contributed by atoms with van der Waals surface area (Å²) in [6.07, 6.45) is 0. The third-order valence-electron chi connectivity index (χ3n) is 4.67. The molecule has 0 bridgehead atoms. The number of anilines is 1. The first kappa shape index (κ1) is 24.0. The average molecular weight is 448 g/mol. The quantitative estimate of drug-likeness (QED) is 0.557. The van der Waals surface area contributed by atoms with Crippen LogP contribution in [-0.4, -0.2) is 39.5 Å². The number of rotatable bonds is 7. The molecule has 0 fully saturated rings. The van der Waals surface area contributed by atoms with E-state index in [9.17, 15) is 22.8 Å². The number of nitrogens with one attached hydrogen (secondary N) is 3. The zero-order valence-electron chi connectivity index (χ0n) is 17.7. The molecule has 0 atom stereocenters. The van der Waals surface area contributed by atoms with Crippen molar-refractivity contribution < 1.29 is 27.5 Å². The third kappa shape index (κ3) is 6.90. The van der Waals surface area contributed by atoms with Gasteiger partial charge in [0.25, 0.3) is 5.91 Å². The van der Waals surface area contributed by atoms with Gasteiger partial charge in [0.15, 0.2) is 6.61 Å². The molecular weight excluding hydrogens is 422 g/mol. The Hall–Kier alpha value is -3.24. The minimum absolute atomic E-state index is 0.0178. The normalized spacial score (nSPS) is 11.0. The lowest BCUT2D eigenvalue weighted by molar-refractivity contribution is -0.147. The van der Waals surface area contributed by atoms with E-state index in [1.807, 2.05) is 32.2 Å². The van der Waals surface area contributed by atoms with E-state index in [-0.39, 0.29) is 4.90 Å². The Morgan fingerprint density at radius 2 is 1.65 bits per heavy atom. The molecule has 3 amide bonds. The summed E-state index contributed by atoms with van der Waals surface area (Å²) in [7, 11) is -3.91. The van der Waals surface area contributed by atoms with Gasteiger partial charge in [0.1, 0.15) is 6.54 Å². The van der Waals surface area contributed by atoms with Gasteiger partial charge in [0, 0.05) is 5.69 Å². The molecule has 0 unspecified atom stereocenters. The van der Waals surface area contributed by atoms with Gasteiger partial charge in [-0.1, -0.05) is 18.2 Å². The van der Waals surface area contributed by atoms with Crippen LogP contribution in [-0.2, 0) is 24.3 Å². The molecule has 2 rings (SSSR count). The van der Waals surface area contributed by atoms with Crippen molar-refractivity contribution in [1.29, 1.82) is 0 Å². The molecule has 0 aliphatic carbocycles. The zero-order chi connectivity index (χ0) is 23.2. The predicted octanol–water partition coefficient (Wildman–Crippen LogP) is 2.09. The summed E-state index contributed by atoms with van der Waals surface area (Å²) in [6.45, 7) is 5.95. The van der Waals surface area contributed by atoms with Crippen LogP contribution in [0, 0.1) is 27.7 Å². The lowest BCUT2D eigenvalue weighted by Gasteiger charge is -2.11. The summed E-state index contributed by atoms with van der Waals surface area (Å²) in [5, 5.41) is 4.57.